The maximum atomic E-state index is 4.32. The molecule has 2 rings (SSSR count). The number of nitrogens with zero attached hydrogens (tertiary/aromatic N) is 3. The number of likely N-dealkylation sites (N-methyl/N-ethyl adjacent to an activating group) is 1. The second-order valence-corrected chi connectivity index (χ2v) is 4.32. The average molecular weight is 194 g/mol. The van der Waals surface area contributed by atoms with E-state index in [2.05, 4.69) is 29.3 Å². The molecule has 2 atom stereocenters. The van der Waals surface area contributed by atoms with Crippen molar-refractivity contribution in [2.24, 2.45) is 13.0 Å². The molecule has 0 bridgehead atoms. The monoisotopic (exact) mass is 194 g/mol. The molecule has 1 aromatic rings. The highest BCUT2D eigenvalue weighted by molar-refractivity contribution is 5.34. The van der Waals surface area contributed by atoms with E-state index in [1.807, 2.05) is 24.0 Å². The van der Waals surface area contributed by atoms with E-state index in [0.29, 0.717) is 12.0 Å². The van der Waals surface area contributed by atoms with Crippen molar-refractivity contribution in [2.75, 3.05) is 25.5 Å². The van der Waals surface area contributed by atoms with Crippen LogP contribution in [0.4, 0.5) is 5.82 Å². The summed E-state index contributed by atoms with van der Waals surface area (Å²) >= 11 is 0. The Morgan fingerprint density at radius 1 is 1.43 bits per heavy atom. The predicted octanol–water partition coefficient (Wildman–Crippen LogP) is 0.782. The van der Waals surface area contributed by atoms with Crippen molar-refractivity contribution in [1.82, 2.24) is 14.7 Å². The van der Waals surface area contributed by atoms with Crippen LogP contribution < -0.4 is 5.32 Å². The van der Waals surface area contributed by atoms with Crippen molar-refractivity contribution in [1.29, 1.82) is 0 Å². The van der Waals surface area contributed by atoms with E-state index < -0.39 is 0 Å². The van der Waals surface area contributed by atoms with Crippen LogP contribution in [0, 0.1) is 5.92 Å². The van der Waals surface area contributed by atoms with E-state index in [4.69, 9.17) is 0 Å². The lowest BCUT2D eigenvalue weighted by Crippen LogP contribution is -2.27. The molecule has 0 radical (unpaired) electrons. The lowest BCUT2D eigenvalue weighted by molar-refractivity contribution is 0.401. The lowest BCUT2D eigenvalue weighted by atomic mass is 10.1. The zero-order chi connectivity index (χ0) is 10.1. The number of aryl methyl sites for hydroxylation is 1. The molecule has 1 saturated heterocycles. The Kier molecular flexibility index (Phi) is 2.46. The third-order valence-electron chi connectivity index (χ3n) is 2.84. The second-order valence-electron chi connectivity index (χ2n) is 4.32. The van der Waals surface area contributed by atoms with E-state index in [-0.39, 0.29) is 0 Å². The highest BCUT2D eigenvalue weighted by Gasteiger charge is 2.27. The molecular formula is C10H18N4. The SMILES string of the molecule is CC1CN(C)CC1Nc1ccn(C)n1. The zero-order valence-electron chi connectivity index (χ0n) is 9.07. The van der Waals surface area contributed by atoms with Gasteiger partial charge in [0.15, 0.2) is 0 Å². The van der Waals surface area contributed by atoms with E-state index in [1.54, 1.807) is 0 Å². The predicted molar refractivity (Wildman–Crippen MR) is 57.3 cm³/mol. The van der Waals surface area contributed by atoms with Gasteiger partial charge in [0.25, 0.3) is 0 Å². The first-order chi connectivity index (χ1) is 6.65. The number of rotatable bonds is 2. The smallest absolute Gasteiger partial charge is 0.148 e. The normalized spacial score (nSPS) is 28.2. The van der Waals surface area contributed by atoms with Gasteiger partial charge >= 0.3 is 0 Å². The van der Waals surface area contributed by atoms with Crippen molar-refractivity contribution in [3.8, 4) is 0 Å². The van der Waals surface area contributed by atoms with Crippen LogP contribution in [0.1, 0.15) is 6.92 Å². The first-order valence-corrected chi connectivity index (χ1v) is 5.10. The van der Waals surface area contributed by atoms with Gasteiger partial charge in [-0.2, -0.15) is 5.10 Å². The molecule has 0 aromatic carbocycles. The zero-order valence-corrected chi connectivity index (χ0v) is 9.07. The Labute approximate surface area is 84.9 Å². The number of likely N-dealkylation sites (tertiary alicyclic amines) is 1. The van der Waals surface area contributed by atoms with Gasteiger partial charge in [-0.15, -0.1) is 0 Å². The fourth-order valence-electron chi connectivity index (χ4n) is 2.08. The molecule has 1 aliphatic rings. The van der Waals surface area contributed by atoms with Gasteiger partial charge in [-0.3, -0.25) is 4.68 Å². The van der Waals surface area contributed by atoms with Crippen molar-refractivity contribution >= 4 is 5.82 Å². The maximum Gasteiger partial charge on any atom is 0.148 e. The Hall–Kier alpha value is -1.03. The van der Waals surface area contributed by atoms with Crippen LogP contribution in [0.15, 0.2) is 12.3 Å². The number of hydrogen-bond donors (Lipinski definition) is 1. The molecule has 4 nitrogen and oxygen atoms in total. The largest absolute Gasteiger partial charge is 0.364 e. The highest BCUT2D eigenvalue weighted by Crippen LogP contribution is 2.18. The van der Waals surface area contributed by atoms with Crippen LogP contribution >= 0.6 is 0 Å². The number of anilines is 1. The molecule has 0 spiro atoms. The standard InChI is InChI=1S/C10H18N4/c1-8-6-13(2)7-9(8)11-10-4-5-14(3)12-10/h4-5,8-9H,6-7H2,1-3H3,(H,11,12). The maximum absolute atomic E-state index is 4.32. The number of aromatic nitrogens is 2. The highest BCUT2D eigenvalue weighted by atomic mass is 15.3. The number of nitrogens with one attached hydrogen (secondary N) is 1. The molecule has 2 unspecified atom stereocenters. The average Bonchev–Trinajstić information content (AvgIpc) is 2.61. The summed E-state index contributed by atoms with van der Waals surface area (Å²) in [5, 5.41) is 7.79. The molecule has 1 aliphatic heterocycles. The van der Waals surface area contributed by atoms with Crippen molar-refractivity contribution in [3.05, 3.63) is 12.3 Å². The summed E-state index contributed by atoms with van der Waals surface area (Å²) < 4.78 is 1.83. The van der Waals surface area contributed by atoms with Gasteiger partial charge in [0, 0.05) is 38.4 Å². The number of hydrogen-bond acceptors (Lipinski definition) is 3. The fraction of sp³-hybridized carbons (Fsp3) is 0.700. The minimum Gasteiger partial charge on any atom is -0.364 e. The first-order valence-electron chi connectivity index (χ1n) is 5.10. The molecule has 0 saturated carbocycles. The van der Waals surface area contributed by atoms with Gasteiger partial charge in [0.1, 0.15) is 5.82 Å². The van der Waals surface area contributed by atoms with Crippen LogP contribution in [0.25, 0.3) is 0 Å². The lowest BCUT2D eigenvalue weighted by Gasteiger charge is -2.15. The van der Waals surface area contributed by atoms with Gasteiger partial charge in [0.05, 0.1) is 0 Å². The molecule has 1 fully saturated rings. The summed E-state index contributed by atoms with van der Waals surface area (Å²) in [6.45, 7) is 4.56. The third-order valence-corrected chi connectivity index (χ3v) is 2.84. The Morgan fingerprint density at radius 3 is 2.71 bits per heavy atom. The fourth-order valence-corrected chi connectivity index (χ4v) is 2.08. The summed E-state index contributed by atoms with van der Waals surface area (Å²) in [5.74, 6) is 1.68. The molecule has 4 heteroatoms. The van der Waals surface area contributed by atoms with E-state index in [1.165, 1.54) is 6.54 Å². The molecule has 1 aromatic heterocycles. The van der Waals surface area contributed by atoms with Gasteiger partial charge in [-0.05, 0) is 13.0 Å². The molecular weight excluding hydrogens is 176 g/mol. The first kappa shape index (κ1) is 9.52. The Balaban J connectivity index is 1.98. The second kappa shape index (κ2) is 3.61. The van der Waals surface area contributed by atoms with Crippen LogP contribution in [0.3, 0.4) is 0 Å². The topological polar surface area (TPSA) is 33.1 Å². The van der Waals surface area contributed by atoms with Crippen molar-refractivity contribution in [2.45, 2.75) is 13.0 Å². The van der Waals surface area contributed by atoms with Crippen molar-refractivity contribution < 1.29 is 0 Å². The summed E-state index contributed by atoms with van der Waals surface area (Å²) in [5.41, 5.74) is 0. The van der Waals surface area contributed by atoms with E-state index in [9.17, 15) is 0 Å². The van der Waals surface area contributed by atoms with Crippen LogP contribution in [-0.4, -0.2) is 40.9 Å². The van der Waals surface area contributed by atoms with E-state index in [0.717, 1.165) is 12.4 Å². The van der Waals surface area contributed by atoms with Gasteiger partial charge in [-0.25, -0.2) is 0 Å². The summed E-state index contributed by atoms with van der Waals surface area (Å²) in [4.78, 5) is 2.35. The third kappa shape index (κ3) is 1.90. The minimum absolute atomic E-state index is 0.537. The van der Waals surface area contributed by atoms with Gasteiger partial charge in [0.2, 0.25) is 0 Å². The van der Waals surface area contributed by atoms with Crippen molar-refractivity contribution in [3.63, 3.8) is 0 Å². The summed E-state index contributed by atoms with van der Waals surface area (Å²) in [6, 6.07) is 2.56. The van der Waals surface area contributed by atoms with E-state index >= 15 is 0 Å². The summed E-state index contributed by atoms with van der Waals surface area (Å²) in [6.07, 6.45) is 1.96. The summed E-state index contributed by atoms with van der Waals surface area (Å²) in [7, 11) is 4.10. The molecule has 2 heterocycles. The van der Waals surface area contributed by atoms with Crippen LogP contribution in [0.5, 0.6) is 0 Å². The molecule has 1 N–H and O–H groups in total. The van der Waals surface area contributed by atoms with Gasteiger partial charge < -0.3 is 10.2 Å². The van der Waals surface area contributed by atoms with Crippen LogP contribution in [0.2, 0.25) is 0 Å². The molecule has 14 heavy (non-hydrogen) atoms. The van der Waals surface area contributed by atoms with Gasteiger partial charge in [-0.1, -0.05) is 6.92 Å². The Bertz CT molecular complexity index is 307. The minimum atomic E-state index is 0.537. The molecule has 78 valence electrons. The molecule has 0 amide bonds. The quantitative estimate of drug-likeness (QED) is 0.755. The van der Waals surface area contributed by atoms with Crippen LogP contribution in [-0.2, 0) is 7.05 Å². The molecule has 0 aliphatic carbocycles. The Morgan fingerprint density at radius 2 is 2.21 bits per heavy atom.